The Morgan fingerprint density at radius 2 is 1.19 bits per heavy atom. The van der Waals surface area contributed by atoms with E-state index in [-0.39, 0.29) is 0 Å². The molecule has 218 valence electrons. The Labute approximate surface area is 271 Å². The molecular formula is C41H23N5S. The molecule has 0 amide bonds. The minimum Gasteiger partial charge on any atom is -0.276 e. The van der Waals surface area contributed by atoms with Gasteiger partial charge in [-0.3, -0.25) is 14.0 Å². The summed E-state index contributed by atoms with van der Waals surface area (Å²) in [4.78, 5) is 15.3. The van der Waals surface area contributed by atoms with Crippen molar-refractivity contribution in [3.05, 3.63) is 140 Å². The average Bonchev–Trinajstić information content (AvgIpc) is 3.79. The van der Waals surface area contributed by atoms with Gasteiger partial charge in [-0.1, -0.05) is 72.8 Å². The minimum absolute atomic E-state index is 0.814. The molecule has 5 aromatic heterocycles. The summed E-state index contributed by atoms with van der Waals surface area (Å²) in [7, 11) is 0. The van der Waals surface area contributed by atoms with E-state index in [0.29, 0.717) is 0 Å². The predicted octanol–water partition coefficient (Wildman–Crippen LogP) is 10.7. The van der Waals surface area contributed by atoms with Gasteiger partial charge in [-0.2, -0.15) is 0 Å². The number of imidazole rings is 2. The van der Waals surface area contributed by atoms with E-state index in [0.717, 1.165) is 55.5 Å². The summed E-state index contributed by atoms with van der Waals surface area (Å²) in [5.41, 5.74) is 8.32. The van der Waals surface area contributed by atoms with Crippen molar-refractivity contribution in [2.75, 3.05) is 0 Å². The fraction of sp³-hybridized carbons (Fsp3) is 0. The number of thiophene rings is 1. The highest BCUT2D eigenvalue weighted by Gasteiger charge is 2.20. The Morgan fingerprint density at radius 1 is 0.468 bits per heavy atom. The van der Waals surface area contributed by atoms with Crippen molar-refractivity contribution in [1.29, 1.82) is 0 Å². The molecule has 11 rings (SSSR count). The zero-order valence-corrected chi connectivity index (χ0v) is 25.7. The number of benzene rings is 6. The van der Waals surface area contributed by atoms with Crippen molar-refractivity contribution >= 4 is 91.9 Å². The normalized spacial score (nSPS) is 12.3. The lowest BCUT2D eigenvalue weighted by Crippen LogP contribution is -1.99. The second kappa shape index (κ2) is 9.22. The Bertz CT molecular complexity index is 3060. The quantitative estimate of drug-likeness (QED) is 0.181. The average molecular weight is 618 g/mol. The zero-order valence-electron chi connectivity index (χ0n) is 24.9. The largest absolute Gasteiger partial charge is 0.276 e. The van der Waals surface area contributed by atoms with Gasteiger partial charge in [-0.15, -0.1) is 11.3 Å². The lowest BCUT2D eigenvalue weighted by atomic mass is 10.00. The highest BCUT2D eigenvalue weighted by Crippen LogP contribution is 2.39. The second-order valence-corrected chi connectivity index (χ2v) is 13.2. The molecule has 0 atom stereocenters. The van der Waals surface area contributed by atoms with Crippen molar-refractivity contribution in [1.82, 2.24) is 23.9 Å². The number of pyridine rings is 2. The molecule has 0 aliphatic rings. The van der Waals surface area contributed by atoms with Crippen LogP contribution in [-0.4, -0.2) is 23.9 Å². The first kappa shape index (κ1) is 25.1. The van der Waals surface area contributed by atoms with Crippen LogP contribution in [0, 0.1) is 0 Å². The number of fused-ring (bicyclic) bond motifs is 14. The van der Waals surface area contributed by atoms with Gasteiger partial charge in [0.25, 0.3) is 0 Å². The molecule has 0 aliphatic heterocycles. The summed E-state index contributed by atoms with van der Waals surface area (Å²) in [6.45, 7) is 0. The molecule has 5 heterocycles. The summed E-state index contributed by atoms with van der Waals surface area (Å²) in [5, 5.41) is 7.17. The molecule has 0 aliphatic carbocycles. The van der Waals surface area contributed by atoms with Gasteiger partial charge < -0.3 is 0 Å². The molecule has 0 saturated carbocycles. The van der Waals surface area contributed by atoms with Gasteiger partial charge in [-0.25, -0.2) is 9.97 Å². The molecule has 0 N–H and O–H groups in total. The molecule has 0 bridgehead atoms. The lowest BCUT2D eigenvalue weighted by Gasteiger charge is -2.11. The molecule has 11 aromatic rings. The summed E-state index contributed by atoms with van der Waals surface area (Å²) in [6.07, 6.45) is 1.85. The van der Waals surface area contributed by atoms with Crippen molar-refractivity contribution in [3.8, 4) is 16.9 Å². The highest BCUT2D eigenvalue weighted by molar-refractivity contribution is 7.25. The molecule has 6 aromatic carbocycles. The molecule has 6 heteroatoms. The van der Waals surface area contributed by atoms with Gasteiger partial charge in [0.05, 0.1) is 33.1 Å². The highest BCUT2D eigenvalue weighted by atomic mass is 32.1. The SMILES string of the molecule is c1ccc2c(c1)nc1n(-c3ccc4c5ccccc5c5cccnc5c4n3)c3ccc(-c4ccc5sc6ccccc6c5c4)cc3n21. The first-order valence-electron chi connectivity index (χ1n) is 15.7. The minimum atomic E-state index is 0.814. The van der Waals surface area contributed by atoms with Crippen LogP contribution in [0.4, 0.5) is 0 Å². The topological polar surface area (TPSA) is 48.0 Å². The predicted molar refractivity (Wildman–Crippen MR) is 196 cm³/mol. The smallest absolute Gasteiger partial charge is 0.221 e. The first-order valence-corrected chi connectivity index (χ1v) is 16.5. The summed E-state index contributed by atoms with van der Waals surface area (Å²) in [5.74, 6) is 1.65. The number of rotatable bonds is 2. The molecule has 5 nitrogen and oxygen atoms in total. The molecule has 0 radical (unpaired) electrons. The van der Waals surface area contributed by atoms with Crippen LogP contribution in [0.15, 0.2) is 140 Å². The van der Waals surface area contributed by atoms with Crippen molar-refractivity contribution in [2.45, 2.75) is 0 Å². The fourth-order valence-corrected chi connectivity index (χ4v) is 8.53. The molecule has 0 saturated heterocycles. The Kier molecular flexibility index (Phi) is 4.93. The lowest BCUT2D eigenvalue weighted by molar-refractivity contribution is 1.06. The third-order valence-electron chi connectivity index (χ3n) is 9.56. The van der Waals surface area contributed by atoms with Gasteiger partial charge in [0.1, 0.15) is 5.82 Å². The Hall–Kier alpha value is -6.11. The van der Waals surface area contributed by atoms with Crippen LogP contribution in [0.5, 0.6) is 0 Å². The molecule has 0 fully saturated rings. The van der Waals surface area contributed by atoms with Gasteiger partial charge >= 0.3 is 0 Å². The van der Waals surface area contributed by atoms with E-state index in [1.165, 1.54) is 42.1 Å². The summed E-state index contributed by atoms with van der Waals surface area (Å²) < 4.78 is 7.09. The second-order valence-electron chi connectivity index (χ2n) is 12.1. The van der Waals surface area contributed by atoms with Gasteiger partial charge in [0.2, 0.25) is 5.78 Å². The Morgan fingerprint density at radius 3 is 2.11 bits per heavy atom. The monoisotopic (exact) mass is 617 g/mol. The van der Waals surface area contributed by atoms with Crippen molar-refractivity contribution < 1.29 is 0 Å². The number of hydrogen-bond acceptors (Lipinski definition) is 4. The van der Waals surface area contributed by atoms with Crippen LogP contribution in [0.3, 0.4) is 0 Å². The van der Waals surface area contributed by atoms with E-state index in [1.54, 1.807) is 0 Å². The fourth-order valence-electron chi connectivity index (χ4n) is 7.45. The van der Waals surface area contributed by atoms with E-state index in [2.05, 4.69) is 130 Å². The number of nitrogens with zero attached hydrogens (tertiary/aromatic N) is 5. The van der Waals surface area contributed by atoms with E-state index in [4.69, 9.17) is 15.0 Å². The van der Waals surface area contributed by atoms with E-state index >= 15 is 0 Å². The molecule has 0 unspecified atom stereocenters. The van der Waals surface area contributed by atoms with Crippen molar-refractivity contribution in [3.63, 3.8) is 0 Å². The van der Waals surface area contributed by atoms with Crippen LogP contribution in [-0.2, 0) is 0 Å². The maximum Gasteiger partial charge on any atom is 0.221 e. The van der Waals surface area contributed by atoms with Gasteiger partial charge in [0.15, 0.2) is 0 Å². The summed E-state index contributed by atoms with van der Waals surface area (Å²) in [6, 6.07) is 47.6. The van der Waals surface area contributed by atoms with E-state index in [1.807, 2.05) is 29.7 Å². The number of hydrogen-bond donors (Lipinski definition) is 0. The Balaban J connectivity index is 1.20. The molecule has 47 heavy (non-hydrogen) atoms. The van der Waals surface area contributed by atoms with Crippen molar-refractivity contribution in [2.24, 2.45) is 0 Å². The maximum atomic E-state index is 5.35. The van der Waals surface area contributed by atoms with E-state index in [9.17, 15) is 0 Å². The standard InChI is InChI=1S/C41H23N5S/c1-2-9-27-26(8-1)29-11-7-21-42-39(29)40-30(27)17-20-38(44-40)46-34-18-15-25(23-35(34)45-33-13-5-4-12-32(33)43-41(45)46)24-16-19-37-31(22-24)28-10-3-6-14-36(28)47-37/h1-23H. The number of aromatic nitrogens is 5. The molecular weight excluding hydrogens is 595 g/mol. The van der Waals surface area contributed by atoms with Crippen LogP contribution in [0.1, 0.15) is 0 Å². The first-order chi connectivity index (χ1) is 23.3. The van der Waals surface area contributed by atoms with Crippen LogP contribution in [0.2, 0.25) is 0 Å². The van der Waals surface area contributed by atoms with Crippen LogP contribution < -0.4 is 0 Å². The third kappa shape index (κ3) is 3.45. The maximum absolute atomic E-state index is 5.35. The van der Waals surface area contributed by atoms with E-state index < -0.39 is 0 Å². The van der Waals surface area contributed by atoms with Gasteiger partial charge in [0, 0.05) is 37.1 Å². The molecule has 0 spiro atoms. The van der Waals surface area contributed by atoms with Gasteiger partial charge in [-0.05, 0) is 82.6 Å². The summed E-state index contributed by atoms with van der Waals surface area (Å²) >= 11 is 1.85. The van der Waals surface area contributed by atoms with Crippen LogP contribution >= 0.6 is 11.3 Å². The zero-order chi connectivity index (χ0) is 30.6. The third-order valence-corrected chi connectivity index (χ3v) is 10.7. The van der Waals surface area contributed by atoms with Crippen LogP contribution in [0.25, 0.3) is 97.5 Å². The number of para-hydroxylation sites is 2.